The average Bonchev–Trinajstić information content (AvgIpc) is 2.99. The summed E-state index contributed by atoms with van der Waals surface area (Å²) in [5.41, 5.74) is 1.40. The third-order valence-electron chi connectivity index (χ3n) is 4.51. The van der Waals surface area contributed by atoms with E-state index in [1.54, 1.807) is 37.0 Å². The lowest BCUT2D eigenvalue weighted by molar-refractivity contribution is 0.101. The van der Waals surface area contributed by atoms with Crippen LogP contribution in [0.15, 0.2) is 34.2 Å². The van der Waals surface area contributed by atoms with E-state index in [1.807, 2.05) is 19.9 Å². The monoisotopic (exact) mass is 418 g/mol. The number of Topliss-reactive ketones (excluding diaryl/α,β-unsaturated/α-hetero) is 1. The van der Waals surface area contributed by atoms with E-state index in [2.05, 4.69) is 4.98 Å². The minimum atomic E-state index is -0.0869. The molecule has 0 aliphatic heterocycles. The number of aromatic nitrogens is 2. The summed E-state index contributed by atoms with van der Waals surface area (Å²) in [6.45, 7) is 4.70. The number of fused-ring (bicyclic) bond motifs is 1. The highest BCUT2D eigenvalue weighted by molar-refractivity contribution is 7.99. The first-order valence-corrected chi connectivity index (χ1v) is 10.6. The zero-order valence-corrected chi connectivity index (χ0v) is 17.9. The standard InChI is InChI=1S/C20H22N2O4S2/c1-12-13(2)28-18-17(12)19(24)22(9-10-25-3)20(21-18)27-11-15(23)14-7-5-6-8-16(14)26-4/h5-8H,9-11H2,1-4H3. The summed E-state index contributed by atoms with van der Waals surface area (Å²) in [5.74, 6) is 0.626. The summed E-state index contributed by atoms with van der Waals surface area (Å²) in [4.78, 5) is 32.2. The van der Waals surface area contributed by atoms with Gasteiger partial charge in [0, 0.05) is 12.0 Å². The lowest BCUT2D eigenvalue weighted by Gasteiger charge is -2.12. The van der Waals surface area contributed by atoms with Gasteiger partial charge in [-0.05, 0) is 31.5 Å². The second kappa shape index (κ2) is 8.89. The van der Waals surface area contributed by atoms with Crippen molar-refractivity contribution in [1.82, 2.24) is 9.55 Å². The zero-order chi connectivity index (χ0) is 20.3. The van der Waals surface area contributed by atoms with Gasteiger partial charge in [-0.2, -0.15) is 0 Å². The molecular weight excluding hydrogens is 396 g/mol. The molecule has 0 radical (unpaired) electrons. The Kier molecular flexibility index (Phi) is 6.53. The fourth-order valence-corrected chi connectivity index (χ4v) is 4.86. The number of rotatable bonds is 8. The van der Waals surface area contributed by atoms with Crippen LogP contribution in [0.5, 0.6) is 5.75 Å². The molecule has 0 saturated heterocycles. The molecule has 2 heterocycles. The summed E-state index contributed by atoms with van der Waals surface area (Å²) in [7, 11) is 3.13. The normalized spacial score (nSPS) is 11.1. The van der Waals surface area contributed by atoms with Crippen LogP contribution in [0.2, 0.25) is 0 Å². The van der Waals surface area contributed by atoms with E-state index >= 15 is 0 Å². The predicted octanol–water partition coefficient (Wildman–Crippen LogP) is 3.70. The number of para-hydroxylation sites is 1. The van der Waals surface area contributed by atoms with Crippen molar-refractivity contribution in [3.8, 4) is 5.75 Å². The number of thiophene rings is 1. The van der Waals surface area contributed by atoms with Crippen LogP contribution in [-0.2, 0) is 11.3 Å². The molecule has 0 fully saturated rings. The molecule has 28 heavy (non-hydrogen) atoms. The number of ether oxygens (including phenoxy) is 2. The van der Waals surface area contributed by atoms with Crippen LogP contribution in [0.1, 0.15) is 20.8 Å². The van der Waals surface area contributed by atoms with Crippen molar-refractivity contribution < 1.29 is 14.3 Å². The van der Waals surface area contributed by atoms with Crippen LogP contribution in [0.3, 0.4) is 0 Å². The molecule has 0 aliphatic rings. The zero-order valence-electron chi connectivity index (χ0n) is 16.3. The highest BCUT2D eigenvalue weighted by Gasteiger charge is 2.19. The molecule has 3 rings (SSSR count). The smallest absolute Gasteiger partial charge is 0.263 e. The third kappa shape index (κ3) is 3.99. The molecule has 0 N–H and O–H groups in total. The molecule has 0 unspecified atom stereocenters. The van der Waals surface area contributed by atoms with E-state index in [0.717, 1.165) is 10.4 Å². The van der Waals surface area contributed by atoms with Gasteiger partial charge in [-0.1, -0.05) is 23.9 Å². The van der Waals surface area contributed by atoms with E-state index in [1.165, 1.54) is 23.1 Å². The van der Waals surface area contributed by atoms with Crippen molar-refractivity contribution in [3.63, 3.8) is 0 Å². The number of carbonyl (C=O) groups is 1. The van der Waals surface area contributed by atoms with Gasteiger partial charge in [0.2, 0.25) is 0 Å². The van der Waals surface area contributed by atoms with Gasteiger partial charge in [-0.3, -0.25) is 14.2 Å². The Morgan fingerprint density at radius 3 is 2.71 bits per heavy atom. The van der Waals surface area contributed by atoms with Crippen molar-refractivity contribution in [3.05, 3.63) is 50.6 Å². The van der Waals surface area contributed by atoms with Crippen molar-refractivity contribution in [2.75, 3.05) is 26.6 Å². The number of hydrogen-bond acceptors (Lipinski definition) is 7. The lowest BCUT2D eigenvalue weighted by Crippen LogP contribution is -2.25. The Bertz CT molecular complexity index is 1070. The number of benzene rings is 1. The Morgan fingerprint density at radius 1 is 1.25 bits per heavy atom. The summed E-state index contributed by atoms with van der Waals surface area (Å²) in [6, 6.07) is 7.12. The van der Waals surface area contributed by atoms with Gasteiger partial charge in [0.25, 0.3) is 5.56 Å². The lowest BCUT2D eigenvalue weighted by atomic mass is 10.1. The molecule has 0 aliphatic carbocycles. The molecule has 2 aromatic heterocycles. The van der Waals surface area contributed by atoms with E-state index in [-0.39, 0.29) is 17.1 Å². The topological polar surface area (TPSA) is 70.4 Å². The van der Waals surface area contributed by atoms with Gasteiger partial charge < -0.3 is 9.47 Å². The Morgan fingerprint density at radius 2 is 2.00 bits per heavy atom. The maximum Gasteiger partial charge on any atom is 0.263 e. The largest absolute Gasteiger partial charge is 0.496 e. The van der Waals surface area contributed by atoms with E-state index in [0.29, 0.717) is 39.8 Å². The number of methoxy groups -OCH3 is 2. The molecule has 0 saturated carbocycles. The molecular formula is C20H22N2O4S2. The number of ketones is 1. The minimum Gasteiger partial charge on any atom is -0.496 e. The van der Waals surface area contributed by atoms with Gasteiger partial charge in [0.15, 0.2) is 10.9 Å². The summed E-state index contributed by atoms with van der Waals surface area (Å²) in [5, 5.41) is 1.18. The minimum absolute atomic E-state index is 0.0753. The second-order valence-corrected chi connectivity index (χ2v) is 8.37. The van der Waals surface area contributed by atoms with Crippen molar-refractivity contribution in [2.45, 2.75) is 25.5 Å². The molecule has 0 spiro atoms. The van der Waals surface area contributed by atoms with E-state index < -0.39 is 0 Å². The Balaban J connectivity index is 1.95. The fourth-order valence-electron chi connectivity index (χ4n) is 2.88. The number of nitrogens with zero attached hydrogens (tertiary/aromatic N) is 2. The fraction of sp³-hybridized carbons (Fsp3) is 0.350. The van der Waals surface area contributed by atoms with E-state index in [9.17, 15) is 9.59 Å². The van der Waals surface area contributed by atoms with E-state index in [4.69, 9.17) is 9.47 Å². The highest BCUT2D eigenvalue weighted by atomic mass is 32.2. The van der Waals surface area contributed by atoms with Crippen LogP contribution < -0.4 is 10.3 Å². The molecule has 3 aromatic rings. The van der Waals surface area contributed by atoms with Crippen molar-refractivity contribution >= 4 is 39.1 Å². The summed E-state index contributed by atoms with van der Waals surface area (Å²) >= 11 is 2.76. The average molecular weight is 419 g/mol. The molecule has 148 valence electrons. The second-order valence-electron chi connectivity index (χ2n) is 6.22. The Labute approximate surface area is 171 Å². The molecule has 8 heteroatoms. The van der Waals surface area contributed by atoms with Crippen LogP contribution in [0.4, 0.5) is 0 Å². The number of aryl methyl sites for hydroxylation is 2. The first kappa shape index (κ1) is 20.6. The maximum absolute atomic E-state index is 13.1. The molecule has 1 aromatic carbocycles. The number of hydrogen-bond donors (Lipinski definition) is 0. The quantitative estimate of drug-likeness (QED) is 0.316. The van der Waals surface area contributed by atoms with Gasteiger partial charge in [0.05, 0.1) is 37.0 Å². The van der Waals surface area contributed by atoms with Gasteiger partial charge in [-0.25, -0.2) is 4.98 Å². The molecule has 6 nitrogen and oxygen atoms in total. The third-order valence-corrected chi connectivity index (χ3v) is 6.59. The molecule has 0 bridgehead atoms. The SMILES string of the molecule is COCCn1c(SCC(=O)c2ccccc2OC)nc2sc(C)c(C)c2c1=O. The van der Waals surface area contributed by atoms with Gasteiger partial charge in [0.1, 0.15) is 10.6 Å². The summed E-state index contributed by atoms with van der Waals surface area (Å²) < 4.78 is 12.0. The van der Waals surface area contributed by atoms with Gasteiger partial charge in [-0.15, -0.1) is 11.3 Å². The maximum atomic E-state index is 13.1. The highest BCUT2D eigenvalue weighted by Crippen LogP contribution is 2.29. The molecule has 0 amide bonds. The van der Waals surface area contributed by atoms with Crippen molar-refractivity contribution in [1.29, 1.82) is 0 Å². The van der Waals surface area contributed by atoms with Crippen LogP contribution in [0.25, 0.3) is 10.2 Å². The number of thioether (sulfide) groups is 1. The van der Waals surface area contributed by atoms with Crippen LogP contribution >= 0.6 is 23.1 Å². The Hall–Kier alpha value is -2.16. The first-order chi connectivity index (χ1) is 13.5. The predicted molar refractivity (Wildman–Crippen MR) is 113 cm³/mol. The first-order valence-electron chi connectivity index (χ1n) is 8.76. The van der Waals surface area contributed by atoms with Crippen molar-refractivity contribution in [2.24, 2.45) is 0 Å². The van der Waals surface area contributed by atoms with Crippen LogP contribution in [-0.4, -0.2) is 41.9 Å². The van der Waals surface area contributed by atoms with Crippen LogP contribution in [0, 0.1) is 13.8 Å². The number of carbonyl (C=O) groups excluding carboxylic acids is 1. The molecule has 0 atom stereocenters. The summed E-state index contributed by atoms with van der Waals surface area (Å²) in [6.07, 6.45) is 0. The van der Waals surface area contributed by atoms with Gasteiger partial charge >= 0.3 is 0 Å².